The van der Waals surface area contributed by atoms with Crippen molar-refractivity contribution >= 4 is 21.8 Å². The monoisotopic (exact) mass is 267 g/mol. The first-order chi connectivity index (χ1) is 6.76. The number of carbonyl (C=O) groups is 1. The molecule has 0 heterocycles. The molecular formula is C9H18BrNO3. The summed E-state index contributed by atoms with van der Waals surface area (Å²) in [5.74, 6) is 0.0955. The Bertz CT molecular complexity index is 155. The van der Waals surface area contributed by atoms with Crippen LogP contribution in [-0.4, -0.2) is 56.7 Å². The minimum Gasteiger partial charge on any atom is -0.385 e. The van der Waals surface area contributed by atoms with Gasteiger partial charge in [0.1, 0.15) is 0 Å². The van der Waals surface area contributed by atoms with Crippen molar-refractivity contribution < 1.29 is 14.3 Å². The molecule has 1 amide bonds. The summed E-state index contributed by atoms with van der Waals surface area (Å²) in [4.78, 5) is 13.2. The second kappa shape index (κ2) is 9.43. The van der Waals surface area contributed by atoms with Crippen LogP contribution in [0.5, 0.6) is 0 Å². The van der Waals surface area contributed by atoms with Crippen LogP contribution in [-0.2, 0) is 14.3 Å². The molecule has 0 fully saturated rings. The fourth-order valence-electron chi connectivity index (χ4n) is 1.05. The number of hydrogen-bond acceptors (Lipinski definition) is 3. The van der Waals surface area contributed by atoms with Crippen molar-refractivity contribution in [3.63, 3.8) is 0 Å². The number of hydrogen-bond donors (Lipinski definition) is 0. The van der Waals surface area contributed by atoms with Gasteiger partial charge in [-0.05, 0) is 6.42 Å². The Hall–Kier alpha value is -0.130. The molecule has 0 unspecified atom stereocenters. The maximum absolute atomic E-state index is 11.4. The van der Waals surface area contributed by atoms with Gasteiger partial charge in [-0.25, -0.2) is 0 Å². The maximum atomic E-state index is 11.4. The van der Waals surface area contributed by atoms with Gasteiger partial charge < -0.3 is 14.4 Å². The SMILES string of the molecule is COCCCN(CCOC)C(=O)CBr. The normalized spacial score (nSPS) is 10.2. The molecule has 0 radical (unpaired) electrons. The highest BCUT2D eigenvalue weighted by atomic mass is 79.9. The van der Waals surface area contributed by atoms with E-state index in [2.05, 4.69) is 15.9 Å². The van der Waals surface area contributed by atoms with E-state index in [1.165, 1.54) is 0 Å². The van der Waals surface area contributed by atoms with Gasteiger partial charge in [0.25, 0.3) is 0 Å². The first-order valence-corrected chi connectivity index (χ1v) is 5.70. The molecule has 0 aliphatic rings. The number of carbonyl (C=O) groups excluding carboxylic acids is 1. The van der Waals surface area contributed by atoms with Gasteiger partial charge in [-0.3, -0.25) is 4.79 Å². The molecule has 0 saturated carbocycles. The third-order valence-electron chi connectivity index (χ3n) is 1.81. The molecule has 0 N–H and O–H groups in total. The second-order valence-electron chi connectivity index (χ2n) is 2.85. The molecule has 0 bridgehead atoms. The van der Waals surface area contributed by atoms with Crippen molar-refractivity contribution in [3.8, 4) is 0 Å². The van der Waals surface area contributed by atoms with Crippen molar-refractivity contribution in [2.24, 2.45) is 0 Å². The summed E-state index contributed by atoms with van der Waals surface area (Å²) >= 11 is 3.15. The van der Waals surface area contributed by atoms with Crippen LogP contribution in [0.4, 0.5) is 0 Å². The fraction of sp³-hybridized carbons (Fsp3) is 0.889. The largest absolute Gasteiger partial charge is 0.385 e. The van der Waals surface area contributed by atoms with Gasteiger partial charge >= 0.3 is 0 Å². The Kier molecular flexibility index (Phi) is 9.34. The highest BCUT2D eigenvalue weighted by Crippen LogP contribution is 1.96. The van der Waals surface area contributed by atoms with Crippen LogP contribution in [0.1, 0.15) is 6.42 Å². The smallest absolute Gasteiger partial charge is 0.233 e. The molecule has 0 aliphatic heterocycles. The standard InChI is InChI=1S/C9H18BrNO3/c1-13-6-3-4-11(5-7-14-2)9(12)8-10/h3-8H2,1-2H3. The number of rotatable bonds is 8. The van der Waals surface area contributed by atoms with Gasteiger partial charge in [0.05, 0.1) is 11.9 Å². The number of methoxy groups -OCH3 is 2. The summed E-state index contributed by atoms with van der Waals surface area (Å²) in [5.41, 5.74) is 0. The number of halogens is 1. The predicted octanol–water partition coefficient (Wildman–Crippen LogP) is 0.893. The van der Waals surface area contributed by atoms with E-state index in [9.17, 15) is 4.79 Å². The summed E-state index contributed by atoms with van der Waals surface area (Å²) < 4.78 is 9.86. The third kappa shape index (κ3) is 6.34. The molecule has 5 heteroatoms. The van der Waals surface area contributed by atoms with Gasteiger partial charge in [-0.1, -0.05) is 15.9 Å². The molecule has 4 nitrogen and oxygen atoms in total. The first kappa shape index (κ1) is 13.9. The first-order valence-electron chi connectivity index (χ1n) is 4.57. The lowest BCUT2D eigenvalue weighted by Gasteiger charge is -2.21. The van der Waals surface area contributed by atoms with E-state index < -0.39 is 0 Å². The zero-order chi connectivity index (χ0) is 10.8. The predicted molar refractivity (Wildman–Crippen MR) is 58.7 cm³/mol. The van der Waals surface area contributed by atoms with E-state index in [0.717, 1.165) is 13.0 Å². The van der Waals surface area contributed by atoms with E-state index in [4.69, 9.17) is 9.47 Å². The van der Waals surface area contributed by atoms with Crippen LogP contribution in [0.25, 0.3) is 0 Å². The highest BCUT2D eigenvalue weighted by molar-refractivity contribution is 9.09. The van der Waals surface area contributed by atoms with Gasteiger partial charge in [-0.2, -0.15) is 0 Å². The van der Waals surface area contributed by atoms with Crippen LogP contribution in [0.15, 0.2) is 0 Å². The van der Waals surface area contributed by atoms with Crippen LogP contribution in [0.2, 0.25) is 0 Å². The van der Waals surface area contributed by atoms with Gasteiger partial charge in [0.15, 0.2) is 0 Å². The van der Waals surface area contributed by atoms with Crippen molar-refractivity contribution in [2.75, 3.05) is 45.9 Å². The molecule has 0 aromatic rings. The Labute approximate surface area is 93.7 Å². The highest BCUT2D eigenvalue weighted by Gasteiger charge is 2.10. The van der Waals surface area contributed by atoms with Gasteiger partial charge in [-0.15, -0.1) is 0 Å². The zero-order valence-corrected chi connectivity index (χ0v) is 10.4. The molecule has 0 spiro atoms. The molecule has 0 saturated heterocycles. The summed E-state index contributed by atoms with van der Waals surface area (Å²) in [6, 6.07) is 0. The molecule has 0 rings (SSSR count). The lowest BCUT2D eigenvalue weighted by Crippen LogP contribution is -2.35. The number of amides is 1. The molecule has 0 aromatic heterocycles. The topological polar surface area (TPSA) is 38.8 Å². The summed E-state index contributed by atoms with van der Waals surface area (Å²) in [7, 11) is 3.29. The zero-order valence-electron chi connectivity index (χ0n) is 8.79. The van der Waals surface area contributed by atoms with E-state index in [0.29, 0.717) is 25.1 Å². The average Bonchev–Trinajstić information content (AvgIpc) is 2.22. The van der Waals surface area contributed by atoms with Crippen LogP contribution < -0.4 is 0 Å². The van der Waals surface area contributed by atoms with E-state index in [-0.39, 0.29) is 5.91 Å². The third-order valence-corrected chi connectivity index (χ3v) is 2.29. The summed E-state index contributed by atoms with van der Waals surface area (Å²) in [6.45, 7) is 2.62. The van der Waals surface area contributed by atoms with Crippen molar-refractivity contribution in [1.29, 1.82) is 0 Å². The molecular weight excluding hydrogens is 250 g/mol. The average molecular weight is 268 g/mol. The Balaban J connectivity index is 3.78. The van der Waals surface area contributed by atoms with Gasteiger partial charge in [0.2, 0.25) is 5.91 Å². The number of alkyl halides is 1. The molecule has 0 atom stereocenters. The van der Waals surface area contributed by atoms with Crippen LogP contribution >= 0.6 is 15.9 Å². The van der Waals surface area contributed by atoms with Crippen LogP contribution in [0.3, 0.4) is 0 Å². The van der Waals surface area contributed by atoms with Crippen LogP contribution in [0, 0.1) is 0 Å². The summed E-state index contributed by atoms with van der Waals surface area (Å²) in [5, 5.41) is 0.365. The van der Waals surface area contributed by atoms with Crippen molar-refractivity contribution in [1.82, 2.24) is 4.90 Å². The molecule has 0 aliphatic carbocycles. The fourth-order valence-corrected chi connectivity index (χ4v) is 1.40. The molecule has 14 heavy (non-hydrogen) atoms. The van der Waals surface area contributed by atoms with Crippen molar-refractivity contribution in [3.05, 3.63) is 0 Å². The Morgan fingerprint density at radius 3 is 2.36 bits per heavy atom. The van der Waals surface area contributed by atoms with Crippen molar-refractivity contribution in [2.45, 2.75) is 6.42 Å². The maximum Gasteiger partial charge on any atom is 0.233 e. The lowest BCUT2D eigenvalue weighted by atomic mass is 10.4. The summed E-state index contributed by atoms with van der Waals surface area (Å²) in [6.07, 6.45) is 0.860. The Morgan fingerprint density at radius 2 is 1.86 bits per heavy atom. The van der Waals surface area contributed by atoms with E-state index in [1.54, 1.807) is 19.1 Å². The molecule has 84 valence electrons. The molecule has 0 aromatic carbocycles. The minimum atomic E-state index is 0.0955. The minimum absolute atomic E-state index is 0.0955. The van der Waals surface area contributed by atoms with E-state index in [1.807, 2.05) is 0 Å². The van der Waals surface area contributed by atoms with E-state index >= 15 is 0 Å². The lowest BCUT2D eigenvalue weighted by molar-refractivity contribution is -0.129. The number of nitrogens with zero attached hydrogens (tertiary/aromatic N) is 1. The second-order valence-corrected chi connectivity index (χ2v) is 3.41. The number of ether oxygens (including phenoxy) is 2. The quantitative estimate of drug-likeness (QED) is 0.485. The Morgan fingerprint density at radius 1 is 1.21 bits per heavy atom. The van der Waals surface area contributed by atoms with Gasteiger partial charge in [0, 0.05) is 33.9 Å².